The lowest BCUT2D eigenvalue weighted by Crippen LogP contribution is -2.29. The van der Waals surface area contributed by atoms with Crippen LogP contribution in [-0.4, -0.2) is 26.0 Å². The van der Waals surface area contributed by atoms with E-state index in [0.717, 1.165) is 5.56 Å². The summed E-state index contributed by atoms with van der Waals surface area (Å²) in [5.41, 5.74) is 1.40. The minimum Gasteiger partial charge on any atom is -0.326 e. The first-order chi connectivity index (χ1) is 8.84. The van der Waals surface area contributed by atoms with Crippen molar-refractivity contribution in [3.8, 4) is 0 Å². The molecule has 0 fully saturated rings. The SMILES string of the molecule is CC(=O)Nc1cccc(C(C)NS(=O)(=O)CCCl)c1. The number of anilines is 1. The molecule has 0 saturated carbocycles. The molecule has 1 unspecified atom stereocenters. The fourth-order valence-corrected chi connectivity index (χ4v) is 3.19. The van der Waals surface area contributed by atoms with Crippen LogP contribution in [0.4, 0.5) is 5.69 Å². The Labute approximate surface area is 118 Å². The van der Waals surface area contributed by atoms with Crippen LogP contribution < -0.4 is 10.0 Å². The molecule has 5 nitrogen and oxygen atoms in total. The predicted molar refractivity (Wildman–Crippen MR) is 76.8 cm³/mol. The molecule has 0 heterocycles. The highest BCUT2D eigenvalue weighted by atomic mass is 35.5. The Bertz CT molecular complexity index is 546. The van der Waals surface area contributed by atoms with Crippen molar-refractivity contribution in [1.82, 2.24) is 4.72 Å². The molecule has 7 heteroatoms. The topological polar surface area (TPSA) is 75.3 Å². The van der Waals surface area contributed by atoms with Gasteiger partial charge in [-0.25, -0.2) is 13.1 Å². The number of benzene rings is 1. The minimum atomic E-state index is -3.38. The quantitative estimate of drug-likeness (QED) is 0.788. The molecule has 0 bridgehead atoms. The average Bonchev–Trinajstić information content (AvgIpc) is 2.27. The lowest BCUT2D eigenvalue weighted by Gasteiger charge is -2.15. The van der Waals surface area contributed by atoms with Gasteiger partial charge in [0.15, 0.2) is 0 Å². The number of amides is 1. The second-order valence-corrected chi connectivity index (χ2v) is 6.41. The molecule has 0 aliphatic heterocycles. The van der Waals surface area contributed by atoms with Gasteiger partial charge in [-0.2, -0.15) is 0 Å². The molecule has 1 aromatic rings. The second kappa shape index (κ2) is 6.88. The fraction of sp³-hybridized carbons (Fsp3) is 0.417. The lowest BCUT2D eigenvalue weighted by atomic mass is 10.1. The lowest BCUT2D eigenvalue weighted by molar-refractivity contribution is -0.114. The zero-order valence-electron chi connectivity index (χ0n) is 10.8. The molecule has 1 rings (SSSR count). The Balaban J connectivity index is 2.82. The van der Waals surface area contributed by atoms with Crippen molar-refractivity contribution in [3.05, 3.63) is 29.8 Å². The predicted octanol–water partition coefficient (Wildman–Crippen LogP) is 1.86. The first kappa shape index (κ1) is 15.9. The van der Waals surface area contributed by atoms with Gasteiger partial charge in [0.1, 0.15) is 0 Å². The first-order valence-corrected chi connectivity index (χ1v) is 7.96. The number of carbonyl (C=O) groups is 1. The molecule has 1 amide bonds. The molecule has 19 heavy (non-hydrogen) atoms. The van der Waals surface area contributed by atoms with Crippen LogP contribution in [0.3, 0.4) is 0 Å². The third-order valence-electron chi connectivity index (χ3n) is 2.41. The third-order valence-corrected chi connectivity index (χ3v) is 4.28. The average molecular weight is 305 g/mol. The van der Waals surface area contributed by atoms with Crippen molar-refractivity contribution in [3.63, 3.8) is 0 Å². The maximum absolute atomic E-state index is 11.6. The number of halogens is 1. The summed E-state index contributed by atoms with van der Waals surface area (Å²) >= 11 is 5.43. The van der Waals surface area contributed by atoms with E-state index in [-0.39, 0.29) is 23.6 Å². The van der Waals surface area contributed by atoms with Crippen LogP contribution in [0.1, 0.15) is 25.5 Å². The summed E-state index contributed by atoms with van der Waals surface area (Å²) in [6.45, 7) is 3.15. The van der Waals surface area contributed by atoms with Gasteiger partial charge in [0.25, 0.3) is 0 Å². The molecule has 0 aliphatic rings. The summed E-state index contributed by atoms with van der Waals surface area (Å²) < 4.78 is 25.8. The molecular weight excluding hydrogens is 288 g/mol. The Morgan fingerprint density at radius 1 is 1.42 bits per heavy atom. The summed E-state index contributed by atoms with van der Waals surface area (Å²) in [4.78, 5) is 11.0. The summed E-state index contributed by atoms with van der Waals surface area (Å²) in [5, 5.41) is 2.65. The van der Waals surface area contributed by atoms with Crippen molar-refractivity contribution in [2.75, 3.05) is 16.9 Å². The number of alkyl halides is 1. The van der Waals surface area contributed by atoms with Gasteiger partial charge in [0.05, 0.1) is 5.75 Å². The van der Waals surface area contributed by atoms with Crippen molar-refractivity contribution >= 4 is 33.2 Å². The smallest absolute Gasteiger partial charge is 0.221 e. The van der Waals surface area contributed by atoms with Crippen molar-refractivity contribution in [1.29, 1.82) is 0 Å². The van der Waals surface area contributed by atoms with E-state index in [9.17, 15) is 13.2 Å². The fourth-order valence-electron chi connectivity index (χ4n) is 1.59. The molecular formula is C12H17ClN2O3S. The molecule has 2 N–H and O–H groups in total. The second-order valence-electron chi connectivity index (χ2n) is 4.15. The van der Waals surface area contributed by atoms with Crippen LogP contribution in [0, 0.1) is 0 Å². The number of hydrogen-bond acceptors (Lipinski definition) is 3. The molecule has 1 aromatic carbocycles. The summed E-state index contributed by atoms with van der Waals surface area (Å²) in [5.74, 6) is -0.245. The third kappa shape index (κ3) is 5.59. The van der Waals surface area contributed by atoms with Gasteiger partial charge < -0.3 is 5.32 Å². The number of carbonyl (C=O) groups excluding carboxylic acids is 1. The normalized spacial score (nSPS) is 13.0. The number of hydrogen-bond donors (Lipinski definition) is 2. The minimum absolute atomic E-state index is 0.0496. The van der Waals surface area contributed by atoms with E-state index in [1.807, 2.05) is 0 Å². The monoisotopic (exact) mass is 304 g/mol. The zero-order valence-corrected chi connectivity index (χ0v) is 12.4. The molecule has 0 spiro atoms. The molecule has 0 aromatic heterocycles. The van der Waals surface area contributed by atoms with Crippen molar-refractivity contribution in [2.45, 2.75) is 19.9 Å². The van der Waals surface area contributed by atoms with E-state index in [0.29, 0.717) is 5.69 Å². The number of rotatable bonds is 6. The maximum atomic E-state index is 11.6. The van der Waals surface area contributed by atoms with Crippen LogP contribution in [0.25, 0.3) is 0 Å². The highest BCUT2D eigenvalue weighted by Crippen LogP contribution is 2.18. The highest BCUT2D eigenvalue weighted by Gasteiger charge is 2.15. The molecule has 0 radical (unpaired) electrons. The summed E-state index contributed by atoms with van der Waals surface area (Å²) in [7, 11) is -3.38. The van der Waals surface area contributed by atoms with E-state index in [1.165, 1.54) is 6.92 Å². The largest absolute Gasteiger partial charge is 0.326 e. The van der Waals surface area contributed by atoms with Gasteiger partial charge >= 0.3 is 0 Å². The standard InChI is InChI=1S/C12H17ClN2O3S/c1-9(15-19(17,18)7-6-13)11-4-3-5-12(8-11)14-10(2)16/h3-5,8-9,15H,6-7H2,1-2H3,(H,14,16). The summed E-state index contributed by atoms with van der Waals surface area (Å²) in [6.07, 6.45) is 0. The zero-order chi connectivity index (χ0) is 14.5. The molecule has 0 aliphatic carbocycles. The van der Waals surface area contributed by atoms with E-state index in [1.54, 1.807) is 31.2 Å². The Morgan fingerprint density at radius 3 is 2.68 bits per heavy atom. The van der Waals surface area contributed by atoms with Crippen molar-refractivity contribution < 1.29 is 13.2 Å². The molecule has 1 atom stereocenters. The molecule has 106 valence electrons. The Hall–Kier alpha value is -1.11. The van der Waals surface area contributed by atoms with Crippen LogP contribution in [-0.2, 0) is 14.8 Å². The molecule has 0 saturated heterocycles. The van der Waals surface area contributed by atoms with Gasteiger partial charge in [-0.05, 0) is 24.6 Å². The van der Waals surface area contributed by atoms with E-state index in [4.69, 9.17) is 11.6 Å². The maximum Gasteiger partial charge on any atom is 0.221 e. The van der Waals surface area contributed by atoms with E-state index >= 15 is 0 Å². The van der Waals surface area contributed by atoms with Crippen LogP contribution in [0.2, 0.25) is 0 Å². The number of sulfonamides is 1. The first-order valence-electron chi connectivity index (χ1n) is 5.77. The van der Waals surface area contributed by atoms with Crippen LogP contribution >= 0.6 is 11.6 Å². The van der Waals surface area contributed by atoms with Gasteiger partial charge in [-0.1, -0.05) is 12.1 Å². The van der Waals surface area contributed by atoms with E-state index < -0.39 is 10.0 Å². The summed E-state index contributed by atoms with van der Waals surface area (Å²) in [6, 6.07) is 6.63. The van der Waals surface area contributed by atoms with E-state index in [2.05, 4.69) is 10.0 Å². The van der Waals surface area contributed by atoms with Crippen LogP contribution in [0.15, 0.2) is 24.3 Å². The Kier molecular flexibility index (Phi) is 5.78. The van der Waals surface area contributed by atoms with Gasteiger partial charge in [0.2, 0.25) is 15.9 Å². The van der Waals surface area contributed by atoms with Crippen LogP contribution in [0.5, 0.6) is 0 Å². The van der Waals surface area contributed by atoms with Crippen molar-refractivity contribution in [2.24, 2.45) is 0 Å². The number of nitrogens with one attached hydrogen (secondary N) is 2. The van der Waals surface area contributed by atoms with Gasteiger partial charge in [-0.15, -0.1) is 11.6 Å². The highest BCUT2D eigenvalue weighted by molar-refractivity contribution is 7.89. The van der Waals surface area contributed by atoms with Gasteiger partial charge in [-0.3, -0.25) is 4.79 Å². The Morgan fingerprint density at radius 2 is 2.11 bits per heavy atom. The van der Waals surface area contributed by atoms with Gasteiger partial charge in [0, 0.05) is 24.5 Å².